The molecule has 0 N–H and O–H groups in total. The van der Waals surface area contributed by atoms with Crippen LogP contribution in [0.3, 0.4) is 0 Å². The van der Waals surface area contributed by atoms with Crippen LogP contribution in [0.1, 0.15) is 40.0 Å². The van der Waals surface area contributed by atoms with Crippen LogP contribution in [-0.2, 0) is 4.79 Å². The van der Waals surface area contributed by atoms with E-state index >= 15 is 0 Å². The van der Waals surface area contributed by atoms with Crippen LogP contribution in [0.4, 0.5) is 0 Å². The van der Waals surface area contributed by atoms with E-state index in [1.165, 1.54) is 0 Å². The fourth-order valence-electron chi connectivity index (χ4n) is 2.51. The number of Topliss-reactive ketones (excluding diaryl/α,β-unsaturated/α-hetero) is 3. The third kappa shape index (κ3) is 1.32. The van der Waals surface area contributed by atoms with Crippen LogP contribution in [0.2, 0.25) is 0 Å². The van der Waals surface area contributed by atoms with Crippen molar-refractivity contribution in [2.45, 2.75) is 19.3 Å². The number of allylic oxidation sites excluding steroid dienone is 2. The first kappa shape index (κ1) is 10.1. The molecule has 1 aromatic carbocycles. The number of ketones is 3. The van der Waals surface area contributed by atoms with Crippen LogP contribution in [0.15, 0.2) is 35.4 Å². The van der Waals surface area contributed by atoms with Crippen LogP contribution in [0.25, 0.3) is 0 Å². The van der Waals surface area contributed by atoms with Crippen molar-refractivity contribution < 1.29 is 14.4 Å². The fourth-order valence-corrected chi connectivity index (χ4v) is 2.51. The summed E-state index contributed by atoms with van der Waals surface area (Å²) in [5.74, 6) is -0.609. The molecule has 0 spiro atoms. The first-order valence-electron chi connectivity index (χ1n) is 5.65. The van der Waals surface area contributed by atoms with E-state index < -0.39 is 0 Å². The standard InChI is InChI=1S/C14H10O3/c15-11-7-3-6-10-12(11)14(17)9-5-2-1-4-8(9)13(10)16/h1-2,4-5H,3,6-7H2. The highest BCUT2D eigenvalue weighted by Crippen LogP contribution is 2.33. The largest absolute Gasteiger partial charge is 0.294 e. The molecule has 2 aliphatic carbocycles. The minimum atomic E-state index is -0.278. The average molecular weight is 226 g/mol. The highest BCUT2D eigenvalue weighted by molar-refractivity contribution is 6.37. The zero-order chi connectivity index (χ0) is 12.0. The zero-order valence-electron chi connectivity index (χ0n) is 9.16. The molecular weight excluding hydrogens is 216 g/mol. The van der Waals surface area contributed by atoms with Gasteiger partial charge in [0.15, 0.2) is 17.3 Å². The van der Waals surface area contributed by atoms with E-state index in [-0.39, 0.29) is 22.9 Å². The Bertz CT molecular complexity index is 593. The Morgan fingerprint density at radius 3 is 2.18 bits per heavy atom. The van der Waals surface area contributed by atoms with Crippen molar-refractivity contribution in [1.29, 1.82) is 0 Å². The number of rotatable bonds is 0. The van der Waals surface area contributed by atoms with Crippen LogP contribution >= 0.6 is 0 Å². The first-order chi connectivity index (χ1) is 8.20. The molecule has 0 amide bonds. The van der Waals surface area contributed by atoms with Gasteiger partial charge in [0, 0.05) is 23.1 Å². The number of hydrogen-bond donors (Lipinski definition) is 0. The van der Waals surface area contributed by atoms with E-state index in [9.17, 15) is 14.4 Å². The highest BCUT2D eigenvalue weighted by atomic mass is 16.2. The van der Waals surface area contributed by atoms with E-state index in [0.717, 1.165) is 0 Å². The molecule has 0 bridgehead atoms. The molecule has 0 radical (unpaired) electrons. The molecule has 1 aromatic rings. The Morgan fingerprint density at radius 2 is 1.47 bits per heavy atom. The molecular formula is C14H10O3. The molecule has 0 unspecified atom stereocenters. The molecule has 2 aliphatic rings. The number of benzene rings is 1. The van der Waals surface area contributed by atoms with Gasteiger partial charge in [-0.05, 0) is 12.8 Å². The van der Waals surface area contributed by atoms with Crippen molar-refractivity contribution in [1.82, 2.24) is 0 Å². The summed E-state index contributed by atoms with van der Waals surface area (Å²) in [6, 6.07) is 6.71. The summed E-state index contributed by atoms with van der Waals surface area (Å²) >= 11 is 0. The van der Waals surface area contributed by atoms with E-state index in [2.05, 4.69) is 0 Å². The lowest BCUT2D eigenvalue weighted by Crippen LogP contribution is -2.29. The summed E-state index contributed by atoms with van der Waals surface area (Å²) in [5, 5.41) is 0. The molecule has 3 rings (SSSR count). The molecule has 0 aliphatic heterocycles. The van der Waals surface area contributed by atoms with E-state index in [4.69, 9.17) is 0 Å². The topological polar surface area (TPSA) is 51.2 Å². The summed E-state index contributed by atoms with van der Waals surface area (Å²) in [4.78, 5) is 36.1. The maximum Gasteiger partial charge on any atom is 0.197 e. The summed E-state index contributed by atoms with van der Waals surface area (Å²) < 4.78 is 0. The molecule has 0 fully saturated rings. The second-order valence-electron chi connectivity index (χ2n) is 4.33. The molecule has 0 aromatic heterocycles. The van der Waals surface area contributed by atoms with Crippen molar-refractivity contribution in [3.63, 3.8) is 0 Å². The van der Waals surface area contributed by atoms with Crippen LogP contribution in [0.5, 0.6) is 0 Å². The van der Waals surface area contributed by atoms with E-state index in [1.807, 2.05) is 0 Å². The molecule has 0 atom stereocenters. The summed E-state index contributed by atoms with van der Waals surface area (Å²) in [5.41, 5.74) is 1.36. The van der Waals surface area contributed by atoms with Gasteiger partial charge in [-0.25, -0.2) is 0 Å². The molecule has 0 saturated heterocycles. The second kappa shape index (κ2) is 3.48. The molecule has 3 nitrogen and oxygen atoms in total. The van der Waals surface area contributed by atoms with Gasteiger partial charge in [-0.3, -0.25) is 14.4 Å². The lowest BCUT2D eigenvalue weighted by atomic mass is 9.77. The summed E-state index contributed by atoms with van der Waals surface area (Å²) in [6.07, 6.45) is 1.58. The monoisotopic (exact) mass is 226 g/mol. The number of carbonyl (C=O) groups is 3. The molecule has 17 heavy (non-hydrogen) atoms. The SMILES string of the molecule is O=C1CCCC2=C1C(=O)c1ccccc1C2=O. The molecule has 3 heteroatoms. The third-order valence-corrected chi connectivity index (χ3v) is 3.33. The summed E-state index contributed by atoms with van der Waals surface area (Å²) in [6.45, 7) is 0. The normalized spacial score (nSPS) is 19.2. The van der Waals surface area contributed by atoms with Gasteiger partial charge in [-0.2, -0.15) is 0 Å². The Balaban J connectivity index is 2.27. The Hall–Kier alpha value is -2.03. The van der Waals surface area contributed by atoms with Gasteiger partial charge in [-0.15, -0.1) is 0 Å². The lowest BCUT2D eigenvalue weighted by molar-refractivity contribution is -0.115. The highest BCUT2D eigenvalue weighted by Gasteiger charge is 2.36. The average Bonchev–Trinajstić information content (AvgIpc) is 2.36. The van der Waals surface area contributed by atoms with Crippen molar-refractivity contribution in [2.24, 2.45) is 0 Å². The van der Waals surface area contributed by atoms with E-state index in [1.54, 1.807) is 24.3 Å². The molecule has 0 heterocycles. The lowest BCUT2D eigenvalue weighted by Gasteiger charge is -2.23. The summed E-state index contributed by atoms with van der Waals surface area (Å²) in [7, 11) is 0. The van der Waals surface area contributed by atoms with Gasteiger partial charge < -0.3 is 0 Å². The Labute approximate surface area is 98.1 Å². The third-order valence-electron chi connectivity index (χ3n) is 3.33. The van der Waals surface area contributed by atoms with Crippen LogP contribution in [-0.4, -0.2) is 17.3 Å². The van der Waals surface area contributed by atoms with Crippen molar-refractivity contribution in [2.75, 3.05) is 0 Å². The zero-order valence-corrected chi connectivity index (χ0v) is 9.16. The van der Waals surface area contributed by atoms with Crippen LogP contribution in [0, 0.1) is 0 Å². The van der Waals surface area contributed by atoms with Crippen LogP contribution < -0.4 is 0 Å². The molecule has 84 valence electrons. The minimum absolute atomic E-state index is 0.139. The van der Waals surface area contributed by atoms with Gasteiger partial charge in [0.2, 0.25) is 0 Å². The predicted molar refractivity (Wildman–Crippen MR) is 61.0 cm³/mol. The van der Waals surface area contributed by atoms with Crippen molar-refractivity contribution >= 4 is 17.3 Å². The van der Waals surface area contributed by atoms with Gasteiger partial charge in [-0.1, -0.05) is 24.3 Å². The van der Waals surface area contributed by atoms with E-state index in [0.29, 0.717) is 36.0 Å². The van der Waals surface area contributed by atoms with Gasteiger partial charge in [0.1, 0.15) is 0 Å². The minimum Gasteiger partial charge on any atom is -0.294 e. The smallest absolute Gasteiger partial charge is 0.197 e. The number of hydrogen-bond acceptors (Lipinski definition) is 3. The van der Waals surface area contributed by atoms with Gasteiger partial charge in [0.25, 0.3) is 0 Å². The maximum absolute atomic E-state index is 12.2. The second-order valence-corrected chi connectivity index (χ2v) is 4.33. The fraction of sp³-hybridized carbons (Fsp3) is 0.214. The number of carbonyl (C=O) groups excluding carboxylic acids is 3. The Morgan fingerprint density at radius 1 is 0.824 bits per heavy atom. The van der Waals surface area contributed by atoms with Crippen molar-refractivity contribution in [3.05, 3.63) is 46.5 Å². The molecule has 0 saturated carbocycles. The van der Waals surface area contributed by atoms with Gasteiger partial charge >= 0.3 is 0 Å². The Kier molecular flexibility index (Phi) is 2.08. The predicted octanol–water partition coefficient (Wildman–Crippen LogP) is 2.12. The van der Waals surface area contributed by atoms with Gasteiger partial charge in [0.05, 0.1) is 5.57 Å². The number of fused-ring (bicyclic) bond motifs is 1. The quantitative estimate of drug-likeness (QED) is 0.636. The maximum atomic E-state index is 12.2. The first-order valence-corrected chi connectivity index (χ1v) is 5.65. The van der Waals surface area contributed by atoms with Crippen molar-refractivity contribution in [3.8, 4) is 0 Å².